The zero-order valence-corrected chi connectivity index (χ0v) is 18.2. The van der Waals surface area contributed by atoms with Gasteiger partial charge in [-0.05, 0) is 45.1 Å². The predicted octanol–water partition coefficient (Wildman–Crippen LogP) is 4.57. The Balaban J connectivity index is 1.82. The lowest BCUT2D eigenvalue weighted by Crippen LogP contribution is -2.35. The molecule has 0 spiro atoms. The molecule has 0 radical (unpaired) electrons. The first-order valence-corrected chi connectivity index (χ1v) is 12.8. The number of hydrogen-bond acceptors (Lipinski definition) is 5. The topological polar surface area (TPSA) is 96.7 Å². The normalized spacial score (nSPS) is 20.2. The van der Waals surface area contributed by atoms with E-state index in [-0.39, 0.29) is 23.7 Å². The number of aromatic nitrogens is 3. The number of alkyl halides is 3. The molecule has 1 aliphatic rings. The van der Waals surface area contributed by atoms with Crippen LogP contribution in [-0.4, -0.2) is 40.4 Å². The van der Waals surface area contributed by atoms with Crippen molar-refractivity contribution in [2.75, 3.05) is 18.6 Å². The molecule has 2 aromatic heterocycles. The minimum absolute atomic E-state index is 0.0222. The minimum Gasteiger partial charge on any atom is -0.360 e. The van der Waals surface area contributed by atoms with Crippen LogP contribution in [0.15, 0.2) is 30.6 Å². The Bertz CT molecular complexity index is 1150. The van der Waals surface area contributed by atoms with Crippen molar-refractivity contribution in [1.29, 1.82) is 0 Å². The van der Waals surface area contributed by atoms with Crippen molar-refractivity contribution >= 4 is 29.3 Å². The van der Waals surface area contributed by atoms with E-state index in [4.69, 9.17) is 5.73 Å². The van der Waals surface area contributed by atoms with Crippen LogP contribution in [-0.2, 0) is 10.7 Å². The Morgan fingerprint density at radius 3 is 2.71 bits per heavy atom. The Labute approximate surface area is 178 Å². The average Bonchev–Trinajstić information content (AvgIpc) is 3.10. The third-order valence-corrected chi connectivity index (χ3v) is 7.20. The van der Waals surface area contributed by atoms with Crippen molar-refractivity contribution in [2.24, 2.45) is 5.73 Å². The smallest absolute Gasteiger partial charge is 0.360 e. The first kappa shape index (κ1) is 21.8. The molecule has 31 heavy (non-hydrogen) atoms. The molecule has 0 aliphatic heterocycles. The van der Waals surface area contributed by atoms with Crippen LogP contribution in [0, 0.1) is 0 Å². The largest absolute Gasteiger partial charge is 0.419 e. The predicted molar refractivity (Wildman–Crippen MR) is 117 cm³/mol. The number of rotatable bonds is 4. The van der Waals surface area contributed by atoms with Crippen LogP contribution < -0.4 is 16.4 Å². The molecule has 3 aromatic rings. The molecule has 4 N–H and O–H groups in total. The highest BCUT2D eigenvalue weighted by atomic mass is 31.2. The van der Waals surface area contributed by atoms with Crippen molar-refractivity contribution in [3.05, 3.63) is 36.2 Å². The lowest BCUT2D eigenvalue weighted by molar-refractivity contribution is -0.137. The van der Waals surface area contributed by atoms with Crippen molar-refractivity contribution in [3.8, 4) is 11.3 Å². The van der Waals surface area contributed by atoms with Crippen molar-refractivity contribution in [2.45, 2.75) is 43.9 Å². The summed E-state index contributed by atoms with van der Waals surface area (Å²) in [4.78, 5) is 11.2. The molecule has 1 aromatic carbocycles. The van der Waals surface area contributed by atoms with Gasteiger partial charge in [0.1, 0.15) is 12.7 Å². The highest BCUT2D eigenvalue weighted by molar-refractivity contribution is 7.70. The minimum atomic E-state index is -4.62. The van der Waals surface area contributed by atoms with Crippen molar-refractivity contribution < 1.29 is 17.7 Å². The number of halogens is 3. The quantitative estimate of drug-likeness (QED) is 0.505. The van der Waals surface area contributed by atoms with Gasteiger partial charge in [0.15, 0.2) is 0 Å². The van der Waals surface area contributed by atoms with Gasteiger partial charge in [-0.25, -0.2) is 9.97 Å². The number of hydrogen-bond donors (Lipinski definition) is 3. The van der Waals surface area contributed by atoms with Crippen molar-refractivity contribution in [3.63, 3.8) is 0 Å². The van der Waals surface area contributed by atoms with Gasteiger partial charge in [-0.2, -0.15) is 13.2 Å². The molecule has 4 rings (SSSR count). The fourth-order valence-electron chi connectivity index (χ4n) is 4.19. The number of aromatic amines is 1. The van der Waals surface area contributed by atoms with Gasteiger partial charge in [-0.1, -0.05) is 12.1 Å². The molecule has 0 saturated heterocycles. The summed E-state index contributed by atoms with van der Waals surface area (Å²) < 4.78 is 54.0. The number of para-hydroxylation sites is 1. The van der Waals surface area contributed by atoms with Gasteiger partial charge in [0.2, 0.25) is 5.95 Å². The van der Waals surface area contributed by atoms with Crippen LogP contribution in [0.3, 0.4) is 0 Å². The number of anilines is 1. The fraction of sp³-hybridized carbons (Fsp3) is 0.429. The lowest BCUT2D eigenvalue weighted by atomic mass is 9.92. The average molecular weight is 451 g/mol. The second kappa shape index (κ2) is 7.95. The van der Waals surface area contributed by atoms with E-state index in [0.29, 0.717) is 21.8 Å². The molecule has 10 heteroatoms. The third kappa shape index (κ3) is 4.48. The van der Waals surface area contributed by atoms with E-state index in [0.717, 1.165) is 31.9 Å². The highest BCUT2D eigenvalue weighted by Gasteiger charge is 2.36. The van der Waals surface area contributed by atoms with Crippen LogP contribution in [0.1, 0.15) is 31.2 Å². The van der Waals surface area contributed by atoms with E-state index in [2.05, 4.69) is 20.3 Å². The van der Waals surface area contributed by atoms with E-state index in [1.54, 1.807) is 31.5 Å². The second-order valence-corrected chi connectivity index (χ2v) is 11.7. The van der Waals surface area contributed by atoms with Crippen LogP contribution in [0.5, 0.6) is 0 Å². The van der Waals surface area contributed by atoms with Crippen LogP contribution in [0.25, 0.3) is 22.2 Å². The monoisotopic (exact) mass is 451 g/mol. The van der Waals surface area contributed by atoms with Gasteiger partial charge in [0, 0.05) is 40.7 Å². The number of nitrogens with one attached hydrogen (secondary N) is 2. The van der Waals surface area contributed by atoms with Crippen LogP contribution in [0.4, 0.5) is 19.1 Å². The highest BCUT2D eigenvalue weighted by Crippen LogP contribution is 2.41. The summed E-state index contributed by atoms with van der Waals surface area (Å²) in [7, 11) is -2.64. The van der Waals surface area contributed by atoms with Gasteiger partial charge in [0.25, 0.3) is 0 Å². The molecule has 6 nitrogen and oxygen atoms in total. The molecular weight excluding hydrogens is 426 g/mol. The maximum atomic E-state index is 13.8. The molecule has 1 aliphatic carbocycles. The van der Waals surface area contributed by atoms with E-state index in [9.17, 15) is 17.7 Å². The van der Waals surface area contributed by atoms with Gasteiger partial charge in [0.05, 0.1) is 11.2 Å². The number of fused-ring (bicyclic) bond motifs is 1. The SMILES string of the molecule is CP(C)(=O)c1cccc2c(-c3nc(N[C@H]4CCC[C@H](N)C4)ncc3C(F)(F)F)c[nH]c12. The van der Waals surface area contributed by atoms with Crippen LogP contribution in [0.2, 0.25) is 0 Å². The zero-order chi connectivity index (χ0) is 22.4. The molecule has 0 amide bonds. The summed E-state index contributed by atoms with van der Waals surface area (Å²) in [5, 5.41) is 4.28. The Kier molecular flexibility index (Phi) is 5.60. The van der Waals surface area contributed by atoms with Gasteiger partial charge < -0.3 is 20.6 Å². The molecular formula is C21H25F3N5OP. The molecule has 0 bridgehead atoms. The summed E-state index contributed by atoms with van der Waals surface area (Å²) in [6, 6.07) is 5.22. The Hall–Kier alpha value is -2.38. The summed E-state index contributed by atoms with van der Waals surface area (Å²) in [6.07, 6.45) is 1.17. The second-order valence-electron chi connectivity index (χ2n) is 8.47. The number of nitrogens with two attached hydrogens (primary N) is 1. The zero-order valence-electron chi connectivity index (χ0n) is 17.3. The number of H-pyrrole nitrogens is 1. The van der Waals surface area contributed by atoms with Gasteiger partial charge >= 0.3 is 6.18 Å². The molecule has 1 saturated carbocycles. The Morgan fingerprint density at radius 2 is 2.03 bits per heavy atom. The van der Waals surface area contributed by atoms with E-state index in [1.807, 2.05) is 0 Å². The van der Waals surface area contributed by atoms with E-state index < -0.39 is 18.9 Å². The summed E-state index contributed by atoms with van der Waals surface area (Å²) in [5.41, 5.74) is 5.75. The first-order valence-electron chi connectivity index (χ1n) is 10.2. The van der Waals surface area contributed by atoms with Crippen molar-refractivity contribution in [1.82, 2.24) is 15.0 Å². The molecule has 2 atom stereocenters. The maximum Gasteiger partial charge on any atom is 0.419 e. The molecule has 1 fully saturated rings. The Morgan fingerprint density at radius 1 is 1.26 bits per heavy atom. The van der Waals surface area contributed by atoms with Crippen LogP contribution >= 0.6 is 7.14 Å². The maximum absolute atomic E-state index is 13.8. The molecule has 166 valence electrons. The first-order chi connectivity index (χ1) is 14.5. The lowest BCUT2D eigenvalue weighted by Gasteiger charge is -2.27. The molecule has 2 heterocycles. The summed E-state index contributed by atoms with van der Waals surface area (Å²) in [5.74, 6) is 0.143. The fourth-order valence-corrected chi connectivity index (χ4v) is 5.36. The molecule has 0 unspecified atom stereocenters. The van der Waals surface area contributed by atoms with Gasteiger partial charge in [-0.15, -0.1) is 0 Å². The third-order valence-electron chi connectivity index (χ3n) is 5.67. The summed E-state index contributed by atoms with van der Waals surface area (Å²) >= 11 is 0. The standard InChI is InChI=1S/C21H25F3N5OP/c1-31(2,30)17-8-4-7-14-15(10-26-19(14)17)18-16(21(22,23)24)11-27-20(29-18)28-13-6-3-5-12(25)9-13/h4,7-8,10-13,26H,3,5-6,9,25H2,1-2H3,(H,27,28,29)/t12-,13-/m0/s1. The van der Waals surface area contributed by atoms with Gasteiger partial charge in [-0.3, -0.25) is 0 Å². The van der Waals surface area contributed by atoms with E-state index >= 15 is 0 Å². The van der Waals surface area contributed by atoms with E-state index in [1.165, 1.54) is 6.20 Å². The summed E-state index contributed by atoms with van der Waals surface area (Å²) in [6.45, 7) is 3.26. The number of nitrogens with zero attached hydrogens (tertiary/aromatic N) is 2. The number of benzene rings is 1.